The summed E-state index contributed by atoms with van der Waals surface area (Å²) in [6.45, 7) is 0.122. The van der Waals surface area contributed by atoms with E-state index in [2.05, 4.69) is 0 Å². The lowest BCUT2D eigenvalue weighted by atomic mass is 10.2. The summed E-state index contributed by atoms with van der Waals surface area (Å²) in [6, 6.07) is 12.5. The molecule has 1 heterocycles. The molecule has 0 fully saturated rings. The molecule has 3 N–H and O–H groups in total. The van der Waals surface area contributed by atoms with Crippen molar-refractivity contribution in [2.75, 3.05) is 11.4 Å². The number of nitrogens with two attached hydrogens (primary N) is 1. The van der Waals surface area contributed by atoms with E-state index in [0.29, 0.717) is 28.8 Å². The molecule has 0 atom stereocenters. The second-order valence-corrected chi connectivity index (χ2v) is 5.66. The summed E-state index contributed by atoms with van der Waals surface area (Å²) < 4.78 is 5.90. The summed E-state index contributed by atoms with van der Waals surface area (Å²) in [6.07, 6.45) is -1.52. The Kier molecular flexibility index (Phi) is 4.28. The van der Waals surface area contributed by atoms with Crippen LogP contribution in [0, 0.1) is 0 Å². The highest BCUT2D eigenvalue weighted by Gasteiger charge is 2.25. The summed E-state index contributed by atoms with van der Waals surface area (Å²) in [5.41, 5.74) is 1.45. The van der Waals surface area contributed by atoms with Crippen molar-refractivity contribution in [3.8, 4) is 11.5 Å². The Bertz CT molecular complexity index is 812. The second-order valence-electron chi connectivity index (χ2n) is 5.22. The number of halogens is 1. The molecule has 3 rings (SSSR count). The maximum atomic E-state index is 12.1. The Labute approximate surface area is 142 Å². The third-order valence-corrected chi connectivity index (χ3v) is 3.85. The number of amides is 2. The molecule has 0 spiro atoms. The number of hydrazine groups is 1. The normalized spacial score (nSPS) is 12.5. The average molecular weight is 348 g/mol. The third-order valence-electron chi connectivity index (χ3n) is 3.62. The van der Waals surface area contributed by atoms with Gasteiger partial charge in [0.15, 0.2) is 5.75 Å². The first-order valence-electron chi connectivity index (χ1n) is 7.06. The lowest BCUT2D eigenvalue weighted by Gasteiger charge is -2.24. The summed E-state index contributed by atoms with van der Waals surface area (Å²) >= 11 is 6.06. The van der Waals surface area contributed by atoms with Crippen LogP contribution in [0.3, 0.4) is 0 Å². The minimum absolute atomic E-state index is 0.169. The predicted octanol–water partition coefficient (Wildman–Crippen LogP) is 2.83. The van der Waals surface area contributed by atoms with Crippen molar-refractivity contribution in [2.24, 2.45) is 5.84 Å². The Hall–Kier alpha value is -2.77. The van der Waals surface area contributed by atoms with Gasteiger partial charge in [-0.3, -0.25) is 4.79 Å². The van der Waals surface area contributed by atoms with E-state index in [9.17, 15) is 9.59 Å². The first kappa shape index (κ1) is 16.1. The van der Waals surface area contributed by atoms with Crippen LogP contribution < -0.4 is 15.5 Å². The quantitative estimate of drug-likeness (QED) is 0.492. The molecule has 0 aliphatic carbocycles. The average Bonchev–Trinajstić information content (AvgIpc) is 2.70. The summed E-state index contributed by atoms with van der Waals surface area (Å²) in [5.74, 6) is 5.69. The van der Waals surface area contributed by atoms with Gasteiger partial charge in [0.05, 0.1) is 12.2 Å². The largest absolute Gasteiger partial charge is 0.464 e. The maximum Gasteiger partial charge on any atom is 0.428 e. The maximum absolute atomic E-state index is 12.1. The van der Waals surface area contributed by atoms with Crippen molar-refractivity contribution in [1.29, 1.82) is 0 Å². The van der Waals surface area contributed by atoms with Gasteiger partial charge in [0, 0.05) is 17.1 Å². The molecular formula is C16H14ClN3O4. The zero-order valence-electron chi connectivity index (χ0n) is 12.5. The number of imide groups is 1. The van der Waals surface area contributed by atoms with E-state index in [4.69, 9.17) is 27.3 Å². The van der Waals surface area contributed by atoms with Crippen molar-refractivity contribution in [3.05, 3.63) is 53.1 Å². The van der Waals surface area contributed by atoms with Crippen LogP contribution >= 0.6 is 11.6 Å². The van der Waals surface area contributed by atoms with Crippen LogP contribution in [-0.2, 0) is 11.3 Å². The van der Waals surface area contributed by atoms with Crippen LogP contribution in [-0.4, -0.2) is 28.7 Å². The van der Waals surface area contributed by atoms with E-state index < -0.39 is 12.0 Å². The van der Waals surface area contributed by atoms with Crippen molar-refractivity contribution in [3.63, 3.8) is 0 Å². The van der Waals surface area contributed by atoms with Crippen LogP contribution in [0.5, 0.6) is 11.5 Å². The van der Waals surface area contributed by atoms with E-state index in [1.54, 1.807) is 23.1 Å². The van der Waals surface area contributed by atoms with Gasteiger partial charge in [0.25, 0.3) is 5.91 Å². The molecule has 0 aromatic heterocycles. The van der Waals surface area contributed by atoms with Crippen LogP contribution in [0.4, 0.5) is 10.5 Å². The van der Waals surface area contributed by atoms with E-state index in [-0.39, 0.29) is 11.6 Å². The Morgan fingerprint density at radius 2 is 2.00 bits per heavy atom. The molecule has 0 radical (unpaired) electrons. The molecule has 2 amide bonds. The molecule has 0 bridgehead atoms. The summed E-state index contributed by atoms with van der Waals surface area (Å²) in [5, 5.41) is 9.49. The zero-order chi connectivity index (χ0) is 17.3. The van der Waals surface area contributed by atoms with Crippen LogP contribution in [0.2, 0.25) is 5.02 Å². The van der Waals surface area contributed by atoms with Gasteiger partial charge in [-0.25, -0.2) is 10.6 Å². The van der Waals surface area contributed by atoms with Gasteiger partial charge in [-0.2, -0.15) is 5.01 Å². The molecule has 2 aromatic carbocycles. The van der Waals surface area contributed by atoms with E-state index in [1.807, 2.05) is 24.3 Å². The van der Waals surface area contributed by atoms with Gasteiger partial charge >= 0.3 is 6.09 Å². The number of para-hydroxylation sites is 1. The zero-order valence-corrected chi connectivity index (χ0v) is 13.2. The second kappa shape index (κ2) is 6.38. The molecule has 8 heteroatoms. The van der Waals surface area contributed by atoms with Gasteiger partial charge in [-0.05, 0) is 24.3 Å². The van der Waals surface area contributed by atoms with Gasteiger partial charge in [-0.15, -0.1) is 0 Å². The molecule has 7 nitrogen and oxygen atoms in total. The first-order valence-corrected chi connectivity index (χ1v) is 7.44. The van der Waals surface area contributed by atoms with Crippen molar-refractivity contribution in [2.45, 2.75) is 6.54 Å². The highest BCUT2D eigenvalue weighted by atomic mass is 35.5. The Morgan fingerprint density at radius 1 is 1.25 bits per heavy atom. The van der Waals surface area contributed by atoms with Crippen molar-refractivity contribution in [1.82, 2.24) is 5.01 Å². The molecule has 1 aliphatic rings. The fraction of sp³-hybridized carbons (Fsp3) is 0.125. The minimum Gasteiger partial charge on any atom is -0.464 e. The number of rotatable bonds is 2. The number of carbonyl (C=O) groups is 2. The summed E-state index contributed by atoms with van der Waals surface area (Å²) in [4.78, 5) is 24.6. The number of nitrogens with zero attached hydrogens (tertiary/aromatic N) is 2. The molecular weight excluding hydrogens is 334 g/mol. The fourth-order valence-corrected chi connectivity index (χ4v) is 2.62. The molecule has 1 aliphatic heterocycles. The lowest BCUT2D eigenvalue weighted by molar-refractivity contribution is -0.127. The number of carbonyl (C=O) groups excluding carboxylic acids is 1. The predicted molar refractivity (Wildman–Crippen MR) is 88.1 cm³/mol. The molecule has 2 aromatic rings. The fourth-order valence-electron chi connectivity index (χ4n) is 2.45. The van der Waals surface area contributed by atoms with Crippen molar-refractivity contribution >= 4 is 29.3 Å². The Morgan fingerprint density at radius 3 is 2.75 bits per heavy atom. The minimum atomic E-state index is -1.52. The standard InChI is InChI=1S/C16H14ClN3O4/c17-11-5-6-14-12(7-11)19(9-15(21)20(18)16(22)23)8-10-3-1-2-4-13(10)24-14/h1-7H,8-9,18H2,(H,22,23). The lowest BCUT2D eigenvalue weighted by Crippen LogP contribution is -2.47. The molecule has 0 saturated heterocycles. The van der Waals surface area contributed by atoms with E-state index in [0.717, 1.165) is 5.56 Å². The SMILES string of the molecule is NN(C(=O)O)C(=O)CN1Cc2ccccc2Oc2ccc(Cl)cc21. The van der Waals surface area contributed by atoms with Gasteiger partial charge in [0.1, 0.15) is 5.75 Å². The van der Waals surface area contributed by atoms with Gasteiger partial charge in [0.2, 0.25) is 0 Å². The molecule has 0 unspecified atom stereocenters. The van der Waals surface area contributed by atoms with E-state index >= 15 is 0 Å². The Balaban J connectivity index is 1.99. The first-order chi connectivity index (χ1) is 11.5. The van der Waals surface area contributed by atoms with Crippen LogP contribution in [0.15, 0.2) is 42.5 Å². The molecule has 124 valence electrons. The van der Waals surface area contributed by atoms with Crippen LogP contribution in [0.1, 0.15) is 5.56 Å². The highest BCUT2D eigenvalue weighted by molar-refractivity contribution is 6.31. The number of benzene rings is 2. The molecule has 24 heavy (non-hydrogen) atoms. The molecule has 0 saturated carbocycles. The van der Waals surface area contributed by atoms with Gasteiger partial charge < -0.3 is 14.7 Å². The van der Waals surface area contributed by atoms with Gasteiger partial charge in [-0.1, -0.05) is 29.8 Å². The summed E-state index contributed by atoms with van der Waals surface area (Å²) in [7, 11) is 0. The number of carboxylic acid groups (broad SMARTS) is 1. The number of hydrogen-bond acceptors (Lipinski definition) is 5. The van der Waals surface area contributed by atoms with Crippen LogP contribution in [0.25, 0.3) is 0 Å². The number of ether oxygens (including phenoxy) is 1. The topological polar surface area (TPSA) is 96.1 Å². The van der Waals surface area contributed by atoms with Crippen molar-refractivity contribution < 1.29 is 19.4 Å². The number of hydrogen-bond donors (Lipinski definition) is 2. The van der Waals surface area contributed by atoms with E-state index in [1.165, 1.54) is 0 Å². The number of anilines is 1. The smallest absolute Gasteiger partial charge is 0.428 e. The highest BCUT2D eigenvalue weighted by Crippen LogP contribution is 2.40. The third kappa shape index (κ3) is 3.12. The number of fused-ring (bicyclic) bond motifs is 2. The monoisotopic (exact) mass is 347 g/mol.